The van der Waals surface area contributed by atoms with Gasteiger partial charge in [0.15, 0.2) is 0 Å². The van der Waals surface area contributed by atoms with Crippen LogP contribution in [0.25, 0.3) is 0 Å². The van der Waals surface area contributed by atoms with Gasteiger partial charge in [0.05, 0.1) is 25.1 Å². The summed E-state index contributed by atoms with van der Waals surface area (Å²) in [4.78, 5) is 12.9. The molecule has 0 aliphatic rings. The monoisotopic (exact) mass is 408 g/mol. The second-order valence-corrected chi connectivity index (χ2v) is 8.27. The van der Waals surface area contributed by atoms with Crippen LogP contribution in [0.1, 0.15) is 31.9 Å². The highest BCUT2D eigenvalue weighted by Gasteiger charge is 2.33. The minimum absolute atomic E-state index is 0.156. The van der Waals surface area contributed by atoms with Crippen molar-refractivity contribution in [2.75, 3.05) is 17.7 Å². The molecule has 2 rings (SSSR count). The number of halogens is 1. The Morgan fingerprint density at radius 1 is 1.18 bits per heavy atom. The molecule has 0 aliphatic heterocycles. The van der Waals surface area contributed by atoms with Crippen molar-refractivity contribution in [1.82, 2.24) is 5.32 Å². The standard InChI is InChI=1S/C20H25FN2O4S/c1-5-17(23(28(4,25)26)18-12-8-7-11-16(18)21)20(24)22-14(2)15-10-6-9-13-19(15)27-3/h6-14,17H,5H2,1-4H3,(H,22,24). The van der Waals surface area contributed by atoms with Crippen LogP contribution in [0.4, 0.5) is 10.1 Å². The Morgan fingerprint density at radius 3 is 2.36 bits per heavy atom. The molecule has 2 atom stereocenters. The number of nitrogens with one attached hydrogen (secondary N) is 1. The number of sulfonamides is 1. The van der Waals surface area contributed by atoms with Gasteiger partial charge in [-0.1, -0.05) is 37.3 Å². The van der Waals surface area contributed by atoms with Crippen molar-refractivity contribution in [3.05, 3.63) is 59.9 Å². The lowest BCUT2D eigenvalue weighted by Gasteiger charge is -2.31. The van der Waals surface area contributed by atoms with Crippen LogP contribution in [0.2, 0.25) is 0 Å². The van der Waals surface area contributed by atoms with Crippen molar-refractivity contribution < 1.29 is 22.3 Å². The molecule has 0 aromatic heterocycles. The Hall–Kier alpha value is -2.61. The van der Waals surface area contributed by atoms with E-state index in [1.165, 1.54) is 25.3 Å². The number of hydrogen-bond donors (Lipinski definition) is 1. The topological polar surface area (TPSA) is 75.7 Å². The number of methoxy groups -OCH3 is 1. The number of carbonyl (C=O) groups is 1. The Kier molecular flexibility index (Phi) is 7.01. The molecular weight excluding hydrogens is 383 g/mol. The maximum atomic E-state index is 14.3. The smallest absolute Gasteiger partial charge is 0.244 e. The predicted molar refractivity (Wildman–Crippen MR) is 107 cm³/mol. The number of nitrogens with zero attached hydrogens (tertiary/aromatic N) is 1. The molecule has 1 N–H and O–H groups in total. The van der Waals surface area contributed by atoms with Crippen molar-refractivity contribution >= 4 is 21.6 Å². The molecule has 0 saturated carbocycles. The summed E-state index contributed by atoms with van der Waals surface area (Å²) in [6, 6.07) is 11.2. The molecule has 0 saturated heterocycles. The molecule has 8 heteroatoms. The largest absolute Gasteiger partial charge is 0.496 e. The normalized spacial score (nSPS) is 13.5. The maximum Gasteiger partial charge on any atom is 0.244 e. The Bertz CT molecular complexity index is 933. The third-order valence-corrected chi connectivity index (χ3v) is 5.55. The average Bonchev–Trinajstić information content (AvgIpc) is 2.65. The minimum Gasteiger partial charge on any atom is -0.496 e. The fourth-order valence-corrected chi connectivity index (χ4v) is 4.29. The van der Waals surface area contributed by atoms with Crippen molar-refractivity contribution in [2.24, 2.45) is 0 Å². The van der Waals surface area contributed by atoms with Gasteiger partial charge >= 0.3 is 0 Å². The predicted octanol–water partition coefficient (Wildman–Crippen LogP) is 3.26. The van der Waals surface area contributed by atoms with Gasteiger partial charge in [-0.15, -0.1) is 0 Å². The van der Waals surface area contributed by atoms with E-state index >= 15 is 0 Å². The van der Waals surface area contributed by atoms with Crippen LogP contribution in [-0.2, 0) is 14.8 Å². The molecule has 1 amide bonds. The summed E-state index contributed by atoms with van der Waals surface area (Å²) in [5, 5.41) is 2.82. The lowest BCUT2D eigenvalue weighted by atomic mass is 10.1. The summed E-state index contributed by atoms with van der Waals surface area (Å²) in [6.45, 7) is 3.45. The highest BCUT2D eigenvalue weighted by molar-refractivity contribution is 7.92. The molecule has 0 bridgehead atoms. The fourth-order valence-electron chi connectivity index (χ4n) is 3.08. The van der Waals surface area contributed by atoms with Gasteiger partial charge in [-0.25, -0.2) is 12.8 Å². The van der Waals surface area contributed by atoms with E-state index in [-0.39, 0.29) is 12.1 Å². The van der Waals surface area contributed by atoms with Gasteiger partial charge in [0, 0.05) is 5.56 Å². The quantitative estimate of drug-likeness (QED) is 0.728. The number of amides is 1. The van der Waals surface area contributed by atoms with Crippen LogP contribution in [0.15, 0.2) is 48.5 Å². The zero-order valence-electron chi connectivity index (χ0n) is 16.3. The van der Waals surface area contributed by atoms with Crippen LogP contribution >= 0.6 is 0 Å². The van der Waals surface area contributed by atoms with Gasteiger partial charge in [-0.3, -0.25) is 9.10 Å². The summed E-state index contributed by atoms with van der Waals surface area (Å²) in [7, 11) is -2.37. The molecular formula is C20H25FN2O4S. The van der Waals surface area contributed by atoms with Gasteiger partial charge in [-0.2, -0.15) is 0 Å². The van der Waals surface area contributed by atoms with Crippen LogP contribution in [0, 0.1) is 5.82 Å². The van der Waals surface area contributed by atoms with Crippen LogP contribution in [0.5, 0.6) is 5.75 Å². The molecule has 0 fully saturated rings. The van der Waals surface area contributed by atoms with Crippen LogP contribution in [0.3, 0.4) is 0 Å². The number of ether oxygens (including phenoxy) is 1. The molecule has 2 aromatic carbocycles. The number of para-hydroxylation sites is 2. The summed E-state index contributed by atoms with van der Waals surface area (Å²) in [6.07, 6.45) is 1.13. The number of benzene rings is 2. The molecule has 28 heavy (non-hydrogen) atoms. The summed E-state index contributed by atoms with van der Waals surface area (Å²) < 4.78 is 45.3. The number of carbonyl (C=O) groups excluding carboxylic acids is 1. The van der Waals surface area contributed by atoms with Gasteiger partial charge in [0.2, 0.25) is 15.9 Å². The molecule has 2 unspecified atom stereocenters. The van der Waals surface area contributed by atoms with E-state index in [9.17, 15) is 17.6 Å². The maximum absolute atomic E-state index is 14.3. The van der Waals surface area contributed by atoms with E-state index in [0.29, 0.717) is 5.75 Å². The Labute approximate surface area is 165 Å². The van der Waals surface area contributed by atoms with Crippen molar-refractivity contribution in [2.45, 2.75) is 32.4 Å². The van der Waals surface area contributed by atoms with E-state index in [2.05, 4.69) is 5.32 Å². The molecule has 152 valence electrons. The summed E-state index contributed by atoms with van der Waals surface area (Å²) >= 11 is 0. The highest BCUT2D eigenvalue weighted by atomic mass is 32.2. The van der Waals surface area contributed by atoms with Crippen molar-refractivity contribution in [1.29, 1.82) is 0 Å². The number of rotatable bonds is 8. The Morgan fingerprint density at radius 2 is 1.79 bits per heavy atom. The first kappa shape index (κ1) is 21.7. The van der Waals surface area contributed by atoms with Crippen LogP contribution in [-0.4, -0.2) is 33.7 Å². The summed E-state index contributed by atoms with van der Waals surface area (Å²) in [5.41, 5.74) is 0.599. The third kappa shape index (κ3) is 4.81. The lowest BCUT2D eigenvalue weighted by molar-refractivity contribution is -0.122. The first-order chi connectivity index (χ1) is 13.2. The molecule has 0 spiro atoms. The average molecular weight is 408 g/mol. The highest BCUT2D eigenvalue weighted by Crippen LogP contribution is 2.27. The number of anilines is 1. The zero-order valence-corrected chi connectivity index (χ0v) is 17.2. The van der Waals surface area contributed by atoms with Crippen molar-refractivity contribution in [3.8, 4) is 5.75 Å². The first-order valence-corrected chi connectivity index (χ1v) is 10.7. The van der Waals surface area contributed by atoms with Crippen LogP contribution < -0.4 is 14.4 Å². The number of hydrogen-bond acceptors (Lipinski definition) is 4. The lowest BCUT2D eigenvalue weighted by Crippen LogP contribution is -2.50. The first-order valence-electron chi connectivity index (χ1n) is 8.87. The molecule has 0 aliphatic carbocycles. The Balaban J connectivity index is 2.36. The second kappa shape index (κ2) is 9.05. The van der Waals surface area contributed by atoms with E-state index in [1.807, 2.05) is 18.2 Å². The van der Waals surface area contributed by atoms with E-state index in [1.54, 1.807) is 19.9 Å². The van der Waals surface area contributed by atoms with E-state index < -0.39 is 33.8 Å². The second-order valence-electron chi connectivity index (χ2n) is 6.41. The molecule has 6 nitrogen and oxygen atoms in total. The van der Waals surface area contributed by atoms with Gasteiger partial charge in [0.1, 0.15) is 17.6 Å². The molecule has 2 aromatic rings. The van der Waals surface area contributed by atoms with Gasteiger partial charge in [-0.05, 0) is 31.5 Å². The summed E-state index contributed by atoms with van der Waals surface area (Å²) in [5.74, 6) is -0.621. The fraction of sp³-hybridized carbons (Fsp3) is 0.350. The third-order valence-electron chi connectivity index (χ3n) is 4.38. The molecule has 0 radical (unpaired) electrons. The van der Waals surface area contributed by atoms with E-state index in [4.69, 9.17) is 4.74 Å². The SMILES string of the molecule is CCC(C(=O)NC(C)c1ccccc1OC)N(c1ccccc1F)S(C)(=O)=O. The van der Waals surface area contributed by atoms with Crippen molar-refractivity contribution in [3.63, 3.8) is 0 Å². The van der Waals surface area contributed by atoms with Gasteiger partial charge < -0.3 is 10.1 Å². The zero-order chi connectivity index (χ0) is 20.9. The van der Waals surface area contributed by atoms with Gasteiger partial charge in [0.25, 0.3) is 0 Å². The minimum atomic E-state index is -3.90. The molecule has 0 heterocycles. The van der Waals surface area contributed by atoms with E-state index in [0.717, 1.165) is 22.2 Å².